The molecule has 0 spiro atoms. The van der Waals surface area contributed by atoms with Crippen LogP contribution in [0.3, 0.4) is 0 Å². The first kappa shape index (κ1) is 19.5. The summed E-state index contributed by atoms with van der Waals surface area (Å²) >= 11 is 6.01. The van der Waals surface area contributed by atoms with Crippen molar-refractivity contribution in [2.45, 2.75) is 26.3 Å². The van der Waals surface area contributed by atoms with Crippen molar-refractivity contribution in [3.05, 3.63) is 28.8 Å². The van der Waals surface area contributed by atoms with Crippen molar-refractivity contribution in [3.63, 3.8) is 0 Å². The number of hydrogen-bond acceptors (Lipinski definition) is 4. The summed E-state index contributed by atoms with van der Waals surface area (Å²) in [7, 11) is 1.59. The zero-order chi connectivity index (χ0) is 18.2. The Bertz CT molecular complexity index is 609. The molecule has 1 aromatic rings. The van der Waals surface area contributed by atoms with Crippen LogP contribution in [0.5, 0.6) is 5.75 Å². The minimum atomic E-state index is -0.0442. The number of carbonyl (C=O) groups is 2. The standard InChI is InChI=1S/C18H26ClN3O3/c1-3-18(24)22-8-4-7-21(9-10-22)13-17(23)20-12-14-11-15(19)5-6-16(14)25-2/h5-6,11H,3-4,7-10,12-13H2,1-2H3,(H,20,23). The molecule has 1 N–H and O–H groups in total. The molecule has 6 nitrogen and oxygen atoms in total. The monoisotopic (exact) mass is 367 g/mol. The highest BCUT2D eigenvalue weighted by Crippen LogP contribution is 2.22. The normalized spacial score (nSPS) is 15.6. The van der Waals surface area contributed by atoms with Gasteiger partial charge in [0.05, 0.1) is 13.7 Å². The summed E-state index contributed by atoms with van der Waals surface area (Å²) in [6, 6.07) is 5.34. The second-order valence-corrected chi connectivity index (χ2v) is 6.53. The predicted molar refractivity (Wildman–Crippen MR) is 97.8 cm³/mol. The van der Waals surface area contributed by atoms with E-state index in [0.29, 0.717) is 36.8 Å². The molecule has 2 rings (SSSR count). The molecule has 0 saturated carbocycles. The Hall–Kier alpha value is -1.79. The van der Waals surface area contributed by atoms with Gasteiger partial charge >= 0.3 is 0 Å². The highest BCUT2D eigenvalue weighted by atomic mass is 35.5. The summed E-state index contributed by atoms with van der Waals surface area (Å²) in [5.41, 5.74) is 0.846. The number of hydrogen-bond donors (Lipinski definition) is 1. The summed E-state index contributed by atoms with van der Waals surface area (Å²) in [6.07, 6.45) is 1.42. The molecule has 2 amide bonds. The Morgan fingerprint density at radius 3 is 2.76 bits per heavy atom. The highest BCUT2D eigenvalue weighted by Gasteiger charge is 2.19. The summed E-state index contributed by atoms with van der Waals surface area (Å²) in [5, 5.41) is 3.52. The Morgan fingerprint density at radius 1 is 1.24 bits per heavy atom. The molecule has 25 heavy (non-hydrogen) atoms. The maximum atomic E-state index is 12.2. The lowest BCUT2D eigenvalue weighted by Gasteiger charge is -2.21. The van der Waals surface area contributed by atoms with E-state index in [-0.39, 0.29) is 11.8 Å². The first-order valence-electron chi connectivity index (χ1n) is 8.62. The van der Waals surface area contributed by atoms with Gasteiger partial charge in [-0.1, -0.05) is 18.5 Å². The first-order chi connectivity index (χ1) is 12.0. The molecule has 1 fully saturated rings. The average Bonchev–Trinajstić information content (AvgIpc) is 2.85. The lowest BCUT2D eigenvalue weighted by atomic mass is 10.2. The Kier molecular flexibility index (Phi) is 7.52. The van der Waals surface area contributed by atoms with Gasteiger partial charge in [-0.05, 0) is 24.6 Å². The fourth-order valence-corrected chi connectivity index (χ4v) is 3.13. The van der Waals surface area contributed by atoms with Crippen molar-refractivity contribution in [1.29, 1.82) is 0 Å². The predicted octanol–water partition coefficient (Wildman–Crippen LogP) is 1.91. The molecular formula is C18H26ClN3O3. The fourth-order valence-electron chi connectivity index (χ4n) is 2.94. The van der Waals surface area contributed by atoms with E-state index in [4.69, 9.17) is 16.3 Å². The van der Waals surface area contributed by atoms with Crippen molar-refractivity contribution in [1.82, 2.24) is 15.1 Å². The van der Waals surface area contributed by atoms with Gasteiger partial charge in [0.1, 0.15) is 5.75 Å². The van der Waals surface area contributed by atoms with E-state index < -0.39 is 0 Å². The third kappa shape index (κ3) is 5.90. The van der Waals surface area contributed by atoms with Crippen LogP contribution in [-0.2, 0) is 16.1 Å². The number of amides is 2. The largest absolute Gasteiger partial charge is 0.496 e. The molecule has 1 aromatic carbocycles. The average molecular weight is 368 g/mol. The van der Waals surface area contributed by atoms with Crippen molar-refractivity contribution in [3.8, 4) is 5.75 Å². The number of ether oxygens (including phenoxy) is 1. The number of carbonyl (C=O) groups excluding carboxylic acids is 2. The molecule has 1 aliphatic rings. The van der Waals surface area contributed by atoms with Gasteiger partial charge in [0, 0.05) is 49.7 Å². The maximum absolute atomic E-state index is 12.2. The summed E-state index contributed by atoms with van der Waals surface area (Å²) in [4.78, 5) is 28.0. The zero-order valence-corrected chi connectivity index (χ0v) is 15.6. The Morgan fingerprint density at radius 2 is 2.04 bits per heavy atom. The van der Waals surface area contributed by atoms with Crippen LogP contribution in [0.25, 0.3) is 0 Å². The first-order valence-corrected chi connectivity index (χ1v) is 9.00. The minimum absolute atomic E-state index is 0.0442. The minimum Gasteiger partial charge on any atom is -0.496 e. The van der Waals surface area contributed by atoms with Gasteiger partial charge in [-0.25, -0.2) is 0 Å². The van der Waals surface area contributed by atoms with Gasteiger partial charge in [-0.3, -0.25) is 14.5 Å². The molecule has 1 saturated heterocycles. The van der Waals surface area contributed by atoms with Crippen LogP contribution in [0.4, 0.5) is 0 Å². The van der Waals surface area contributed by atoms with Gasteiger partial charge in [0.25, 0.3) is 0 Å². The summed E-state index contributed by atoms with van der Waals surface area (Å²) < 4.78 is 5.29. The van der Waals surface area contributed by atoms with E-state index in [0.717, 1.165) is 31.6 Å². The molecule has 0 unspecified atom stereocenters. The Balaban J connectivity index is 1.82. The van der Waals surface area contributed by atoms with Gasteiger partial charge in [0.15, 0.2) is 0 Å². The van der Waals surface area contributed by atoms with E-state index in [1.807, 2.05) is 11.8 Å². The molecule has 0 atom stereocenters. The molecule has 7 heteroatoms. The number of halogens is 1. The number of rotatable bonds is 6. The third-order valence-electron chi connectivity index (χ3n) is 4.33. The van der Waals surface area contributed by atoms with Crippen molar-refractivity contribution < 1.29 is 14.3 Å². The lowest BCUT2D eigenvalue weighted by Crippen LogP contribution is -2.39. The third-order valence-corrected chi connectivity index (χ3v) is 4.56. The SMILES string of the molecule is CCC(=O)N1CCCN(CC(=O)NCc2cc(Cl)ccc2OC)CC1. The second kappa shape index (κ2) is 9.63. The summed E-state index contributed by atoms with van der Waals surface area (Å²) in [6.45, 7) is 5.57. The van der Waals surface area contributed by atoms with Crippen LogP contribution in [-0.4, -0.2) is 61.4 Å². The van der Waals surface area contributed by atoms with Crippen molar-refractivity contribution in [2.75, 3.05) is 39.8 Å². The van der Waals surface area contributed by atoms with E-state index in [1.54, 1.807) is 25.3 Å². The van der Waals surface area contributed by atoms with Gasteiger partial charge in [-0.2, -0.15) is 0 Å². The van der Waals surface area contributed by atoms with Crippen LogP contribution in [0.1, 0.15) is 25.3 Å². The van der Waals surface area contributed by atoms with E-state index in [2.05, 4.69) is 10.2 Å². The topological polar surface area (TPSA) is 61.9 Å². The van der Waals surface area contributed by atoms with Crippen molar-refractivity contribution in [2.24, 2.45) is 0 Å². The number of nitrogens with one attached hydrogen (secondary N) is 1. The van der Waals surface area contributed by atoms with Crippen LogP contribution < -0.4 is 10.1 Å². The van der Waals surface area contributed by atoms with E-state index >= 15 is 0 Å². The molecule has 138 valence electrons. The van der Waals surface area contributed by atoms with Crippen LogP contribution in [0.2, 0.25) is 5.02 Å². The maximum Gasteiger partial charge on any atom is 0.234 e. The van der Waals surface area contributed by atoms with Gasteiger partial charge in [-0.15, -0.1) is 0 Å². The lowest BCUT2D eigenvalue weighted by molar-refractivity contribution is -0.130. The molecule has 0 radical (unpaired) electrons. The molecule has 0 aromatic heterocycles. The second-order valence-electron chi connectivity index (χ2n) is 6.10. The van der Waals surface area contributed by atoms with Crippen molar-refractivity contribution >= 4 is 23.4 Å². The number of nitrogens with zero attached hydrogens (tertiary/aromatic N) is 2. The number of benzene rings is 1. The summed E-state index contributed by atoms with van der Waals surface area (Å²) in [5.74, 6) is 0.838. The molecule has 0 aliphatic carbocycles. The van der Waals surface area contributed by atoms with Crippen LogP contribution >= 0.6 is 11.6 Å². The number of methoxy groups -OCH3 is 1. The van der Waals surface area contributed by atoms with Crippen LogP contribution in [0, 0.1) is 0 Å². The van der Waals surface area contributed by atoms with E-state index in [9.17, 15) is 9.59 Å². The highest BCUT2D eigenvalue weighted by molar-refractivity contribution is 6.30. The smallest absolute Gasteiger partial charge is 0.234 e. The van der Waals surface area contributed by atoms with E-state index in [1.165, 1.54) is 0 Å². The molecule has 0 bridgehead atoms. The molecule has 1 aliphatic heterocycles. The van der Waals surface area contributed by atoms with Gasteiger partial charge < -0.3 is 15.0 Å². The van der Waals surface area contributed by atoms with Gasteiger partial charge in [0.2, 0.25) is 11.8 Å². The van der Waals surface area contributed by atoms with Crippen LogP contribution in [0.15, 0.2) is 18.2 Å². The molecule has 1 heterocycles. The molecular weight excluding hydrogens is 342 g/mol. The quantitative estimate of drug-likeness (QED) is 0.834. The Labute approximate surface area is 154 Å². The zero-order valence-electron chi connectivity index (χ0n) is 14.9. The fraction of sp³-hybridized carbons (Fsp3) is 0.556.